The lowest BCUT2D eigenvalue weighted by atomic mass is 10.1. The fourth-order valence-electron chi connectivity index (χ4n) is 2.16. The number of hydrogen-bond acceptors (Lipinski definition) is 3. The van der Waals surface area contributed by atoms with Crippen molar-refractivity contribution in [2.24, 2.45) is 0 Å². The molecular weight excluding hydrogens is 358 g/mol. The minimum Gasteiger partial charge on any atom is -0.466 e. The minimum atomic E-state index is -0.258. The normalized spacial score (nSPS) is 10.3. The molecule has 0 spiro atoms. The molecule has 0 unspecified atom stereocenters. The van der Waals surface area contributed by atoms with Crippen molar-refractivity contribution in [3.63, 3.8) is 0 Å². The number of esters is 1. The minimum absolute atomic E-state index is 0.193. The van der Waals surface area contributed by atoms with E-state index in [9.17, 15) is 9.59 Å². The van der Waals surface area contributed by atoms with Crippen molar-refractivity contribution in [3.8, 4) is 0 Å². The van der Waals surface area contributed by atoms with Crippen LogP contribution in [0.4, 0.5) is 0 Å². The monoisotopic (exact) mass is 383 g/mol. The fourth-order valence-corrected chi connectivity index (χ4v) is 2.62. The molecule has 0 saturated carbocycles. The molecule has 0 bridgehead atoms. The van der Waals surface area contributed by atoms with Crippen molar-refractivity contribution >= 4 is 27.8 Å². The number of ether oxygens (including phenoxy) is 1. The Bertz CT molecular complexity index is 491. The van der Waals surface area contributed by atoms with E-state index in [0.717, 1.165) is 17.3 Å². The van der Waals surface area contributed by atoms with E-state index >= 15 is 0 Å². The van der Waals surface area contributed by atoms with Gasteiger partial charge in [0.25, 0.3) is 5.91 Å². The van der Waals surface area contributed by atoms with Crippen LogP contribution in [-0.4, -0.2) is 25.0 Å². The predicted molar refractivity (Wildman–Crippen MR) is 95.4 cm³/mol. The molecule has 1 aromatic rings. The second-order valence-electron chi connectivity index (χ2n) is 5.47. The zero-order valence-corrected chi connectivity index (χ0v) is 15.4. The van der Waals surface area contributed by atoms with Crippen LogP contribution >= 0.6 is 15.9 Å². The first-order valence-electron chi connectivity index (χ1n) is 8.33. The van der Waals surface area contributed by atoms with Crippen molar-refractivity contribution in [1.82, 2.24) is 5.32 Å². The molecule has 0 aliphatic rings. The van der Waals surface area contributed by atoms with Crippen molar-refractivity contribution < 1.29 is 14.3 Å². The highest BCUT2D eigenvalue weighted by molar-refractivity contribution is 9.10. The fraction of sp³-hybridized carbons (Fsp3) is 0.556. The van der Waals surface area contributed by atoms with Gasteiger partial charge in [-0.15, -0.1) is 0 Å². The molecule has 128 valence electrons. The molecule has 1 N–H and O–H groups in total. The van der Waals surface area contributed by atoms with E-state index in [1.807, 2.05) is 12.1 Å². The standard InChI is InChI=1S/C18H26BrNO3/c1-2-3-4-5-6-9-14-23-17(21)12-13-20-18(22)15-10-7-8-11-16(15)19/h7-8,10-11H,2-6,9,12-14H2,1H3,(H,20,22). The van der Waals surface area contributed by atoms with Gasteiger partial charge in [0.2, 0.25) is 0 Å². The lowest BCUT2D eigenvalue weighted by Gasteiger charge is -2.07. The van der Waals surface area contributed by atoms with E-state index in [1.54, 1.807) is 12.1 Å². The van der Waals surface area contributed by atoms with Crippen LogP contribution in [0.2, 0.25) is 0 Å². The van der Waals surface area contributed by atoms with Crippen LogP contribution in [0.15, 0.2) is 28.7 Å². The van der Waals surface area contributed by atoms with Crippen molar-refractivity contribution in [1.29, 1.82) is 0 Å². The van der Waals surface area contributed by atoms with E-state index in [0.29, 0.717) is 12.2 Å². The van der Waals surface area contributed by atoms with Gasteiger partial charge in [-0.3, -0.25) is 9.59 Å². The van der Waals surface area contributed by atoms with Crippen molar-refractivity contribution in [2.45, 2.75) is 51.9 Å². The molecule has 1 amide bonds. The average molecular weight is 384 g/mol. The van der Waals surface area contributed by atoms with Gasteiger partial charge in [-0.1, -0.05) is 51.2 Å². The third-order valence-electron chi connectivity index (χ3n) is 3.49. The van der Waals surface area contributed by atoms with Gasteiger partial charge >= 0.3 is 5.97 Å². The number of hydrogen-bond donors (Lipinski definition) is 1. The molecule has 0 saturated heterocycles. The molecule has 1 rings (SSSR count). The molecule has 0 aromatic heterocycles. The first kappa shape index (κ1) is 19.7. The van der Waals surface area contributed by atoms with Gasteiger partial charge in [0, 0.05) is 11.0 Å². The largest absolute Gasteiger partial charge is 0.466 e. The van der Waals surface area contributed by atoms with Crippen molar-refractivity contribution in [2.75, 3.05) is 13.2 Å². The maximum atomic E-state index is 11.9. The van der Waals surface area contributed by atoms with E-state index in [-0.39, 0.29) is 24.8 Å². The van der Waals surface area contributed by atoms with Gasteiger partial charge in [0.15, 0.2) is 0 Å². The lowest BCUT2D eigenvalue weighted by Crippen LogP contribution is -2.26. The summed E-state index contributed by atoms with van der Waals surface area (Å²) in [6, 6.07) is 7.19. The molecule has 0 aliphatic carbocycles. The summed E-state index contributed by atoms with van der Waals surface area (Å²) in [7, 11) is 0. The zero-order valence-electron chi connectivity index (χ0n) is 13.8. The van der Waals surface area contributed by atoms with Gasteiger partial charge < -0.3 is 10.1 Å². The second kappa shape index (κ2) is 12.1. The number of carbonyl (C=O) groups is 2. The van der Waals surface area contributed by atoms with E-state index in [2.05, 4.69) is 28.2 Å². The van der Waals surface area contributed by atoms with Crippen LogP contribution in [0.1, 0.15) is 62.2 Å². The van der Waals surface area contributed by atoms with Crippen LogP contribution in [0, 0.1) is 0 Å². The first-order chi connectivity index (χ1) is 11.1. The Kier molecular flexibility index (Phi) is 10.4. The second-order valence-corrected chi connectivity index (χ2v) is 6.33. The predicted octanol–water partition coefficient (Wildman–Crippen LogP) is 4.47. The summed E-state index contributed by atoms with van der Waals surface area (Å²) in [5, 5.41) is 2.73. The molecule has 0 fully saturated rings. The van der Waals surface area contributed by atoms with Gasteiger partial charge in [0.1, 0.15) is 0 Å². The SMILES string of the molecule is CCCCCCCCOC(=O)CCNC(=O)c1ccccc1Br. The third kappa shape index (κ3) is 8.74. The number of unbranched alkanes of at least 4 members (excludes halogenated alkanes) is 5. The van der Waals surface area contributed by atoms with Gasteiger partial charge in [-0.25, -0.2) is 0 Å². The Labute approximate surface area is 147 Å². The van der Waals surface area contributed by atoms with E-state index in [1.165, 1.54) is 25.7 Å². The molecule has 0 radical (unpaired) electrons. The van der Waals surface area contributed by atoms with E-state index in [4.69, 9.17) is 4.74 Å². The average Bonchev–Trinajstić information content (AvgIpc) is 2.54. The zero-order chi connectivity index (χ0) is 16.9. The highest BCUT2D eigenvalue weighted by Gasteiger charge is 2.09. The highest BCUT2D eigenvalue weighted by atomic mass is 79.9. The number of amides is 1. The Morgan fingerprint density at radius 1 is 1.09 bits per heavy atom. The summed E-state index contributed by atoms with van der Waals surface area (Å²) >= 11 is 3.33. The number of benzene rings is 1. The first-order valence-corrected chi connectivity index (χ1v) is 9.12. The smallest absolute Gasteiger partial charge is 0.307 e. The summed E-state index contributed by atoms with van der Waals surface area (Å²) in [4.78, 5) is 23.5. The van der Waals surface area contributed by atoms with Gasteiger partial charge in [0.05, 0.1) is 18.6 Å². The Hall–Kier alpha value is -1.36. The number of halogens is 1. The number of nitrogens with one attached hydrogen (secondary N) is 1. The molecule has 0 aliphatic heterocycles. The summed E-state index contributed by atoms with van der Waals surface area (Å²) in [6.45, 7) is 2.95. The maximum absolute atomic E-state index is 11.9. The molecule has 0 heterocycles. The molecule has 1 aromatic carbocycles. The van der Waals surface area contributed by atoms with Gasteiger partial charge in [-0.05, 0) is 34.5 Å². The van der Waals surface area contributed by atoms with Gasteiger partial charge in [-0.2, -0.15) is 0 Å². The Morgan fingerprint density at radius 2 is 1.78 bits per heavy atom. The molecule has 5 heteroatoms. The van der Waals surface area contributed by atoms with E-state index < -0.39 is 0 Å². The quantitative estimate of drug-likeness (QED) is 0.452. The summed E-state index contributed by atoms with van der Waals surface area (Å²) in [6.07, 6.45) is 7.19. The van der Waals surface area contributed by atoms with Crippen molar-refractivity contribution in [3.05, 3.63) is 34.3 Å². The highest BCUT2D eigenvalue weighted by Crippen LogP contribution is 2.15. The molecular formula is C18H26BrNO3. The molecule has 4 nitrogen and oxygen atoms in total. The Balaban J connectivity index is 2.08. The van der Waals surface area contributed by atoms with Crippen LogP contribution in [0.25, 0.3) is 0 Å². The number of carbonyl (C=O) groups excluding carboxylic acids is 2. The third-order valence-corrected chi connectivity index (χ3v) is 4.19. The molecule has 0 atom stereocenters. The van der Waals surface area contributed by atoms with Crippen LogP contribution in [-0.2, 0) is 9.53 Å². The maximum Gasteiger partial charge on any atom is 0.307 e. The van der Waals surface area contributed by atoms with Crippen LogP contribution in [0.5, 0.6) is 0 Å². The Morgan fingerprint density at radius 3 is 2.52 bits per heavy atom. The van der Waals surface area contributed by atoms with Crippen LogP contribution in [0.3, 0.4) is 0 Å². The molecule has 23 heavy (non-hydrogen) atoms. The lowest BCUT2D eigenvalue weighted by molar-refractivity contribution is -0.143. The summed E-state index contributed by atoms with van der Waals surface area (Å²) < 4.78 is 5.90. The number of rotatable bonds is 11. The summed E-state index contributed by atoms with van der Waals surface area (Å²) in [5.41, 5.74) is 0.563. The topological polar surface area (TPSA) is 55.4 Å². The summed E-state index contributed by atoms with van der Waals surface area (Å²) in [5.74, 6) is -0.452. The van der Waals surface area contributed by atoms with Crippen LogP contribution < -0.4 is 5.32 Å².